The van der Waals surface area contributed by atoms with Crippen molar-refractivity contribution in [2.45, 2.75) is 32.9 Å². The van der Waals surface area contributed by atoms with Crippen molar-refractivity contribution in [1.29, 1.82) is 0 Å². The molecule has 2 aromatic carbocycles. The monoisotopic (exact) mass is 321 g/mol. The van der Waals surface area contributed by atoms with E-state index in [1.807, 2.05) is 24.3 Å². The minimum atomic E-state index is 0.129. The lowest BCUT2D eigenvalue weighted by Crippen LogP contribution is -2.28. The molecule has 0 spiro atoms. The summed E-state index contributed by atoms with van der Waals surface area (Å²) < 4.78 is 0. The van der Waals surface area contributed by atoms with Crippen LogP contribution in [0.5, 0.6) is 0 Å². The van der Waals surface area contributed by atoms with Crippen molar-refractivity contribution in [2.24, 2.45) is 5.92 Å². The Kier molecular flexibility index (Phi) is 5.69. The molecule has 1 N–H and O–H groups in total. The first-order valence-corrected chi connectivity index (χ1v) is 8.00. The molecule has 2 aromatic rings. The molecule has 3 heteroatoms. The van der Waals surface area contributed by atoms with Gasteiger partial charge < -0.3 is 5.32 Å². The van der Waals surface area contributed by atoms with Crippen LogP contribution in [0.4, 0.5) is 0 Å². The number of rotatable bonds is 5. The van der Waals surface area contributed by atoms with Gasteiger partial charge in [-0.15, -0.1) is 0 Å². The van der Waals surface area contributed by atoms with Gasteiger partial charge in [-0.25, -0.2) is 0 Å². The van der Waals surface area contributed by atoms with Crippen LogP contribution in [0.15, 0.2) is 48.5 Å². The number of benzene rings is 2. The van der Waals surface area contributed by atoms with E-state index in [2.05, 4.69) is 50.4 Å². The van der Waals surface area contributed by atoms with Crippen LogP contribution in [0.1, 0.15) is 44.0 Å². The molecule has 0 aromatic heterocycles. The fraction of sp³-hybridized carbons (Fsp3) is 0.333. The average Bonchev–Trinajstić information content (AvgIpc) is 2.47. The van der Waals surface area contributed by atoms with Crippen LogP contribution in [0.2, 0.25) is 10.0 Å². The Morgan fingerprint density at radius 1 is 0.905 bits per heavy atom. The van der Waals surface area contributed by atoms with Gasteiger partial charge in [0.2, 0.25) is 0 Å². The molecule has 0 aliphatic rings. The Morgan fingerprint density at radius 2 is 1.57 bits per heavy atom. The minimum absolute atomic E-state index is 0.129. The zero-order valence-corrected chi connectivity index (χ0v) is 14.1. The molecule has 0 aliphatic carbocycles. The van der Waals surface area contributed by atoms with Crippen LogP contribution >= 0.6 is 23.2 Å². The molecule has 2 rings (SSSR count). The molecule has 2 unspecified atom stereocenters. The molecule has 2 atom stereocenters. The third-order valence-electron chi connectivity index (χ3n) is 3.68. The van der Waals surface area contributed by atoms with Crippen LogP contribution in [0, 0.1) is 5.92 Å². The predicted molar refractivity (Wildman–Crippen MR) is 92.0 cm³/mol. The van der Waals surface area contributed by atoms with Crippen LogP contribution in [-0.2, 0) is 0 Å². The van der Waals surface area contributed by atoms with Gasteiger partial charge in [0.25, 0.3) is 0 Å². The molecule has 0 fully saturated rings. The van der Waals surface area contributed by atoms with E-state index in [4.69, 9.17) is 23.2 Å². The van der Waals surface area contributed by atoms with Crippen LogP contribution in [0.3, 0.4) is 0 Å². The van der Waals surface area contributed by atoms with E-state index in [1.165, 1.54) is 5.56 Å². The van der Waals surface area contributed by atoms with Crippen LogP contribution < -0.4 is 5.32 Å². The van der Waals surface area contributed by atoms with Gasteiger partial charge in [-0.1, -0.05) is 67.4 Å². The molecule has 1 nitrogen and oxygen atoms in total. The molecule has 0 amide bonds. The van der Waals surface area contributed by atoms with E-state index < -0.39 is 0 Å². The fourth-order valence-corrected chi connectivity index (χ4v) is 3.00. The third kappa shape index (κ3) is 4.23. The van der Waals surface area contributed by atoms with Crippen molar-refractivity contribution in [3.05, 3.63) is 69.7 Å². The molecular weight excluding hydrogens is 301 g/mol. The van der Waals surface area contributed by atoms with Gasteiger partial charge in [-0.2, -0.15) is 0 Å². The summed E-state index contributed by atoms with van der Waals surface area (Å²) in [6.07, 6.45) is 0. The smallest absolute Gasteiger partial charge is 0.0454 e. The summed E-state index contributed by atoms with van der Waals surface area (Å²) in [6.45, 7) is 6.56. The predicted octanol–water partition coefficient (Wildman–Crippen LogP) is 6.04. The highest BCUT2D eigenvalue weighted by molar-refractivity contribution is 6.33. The highest BCUT2D eigenvalue weighted by atomic mass is 35.5. The Balaban J connectivity index is 2.23. The number of nitrogens with one attached hydrogen (secondary N) is 1. The maximum absolute atomic E-state index is 6.30. The fourth-order valence-electron chi connectivity index (χ4n) is 2.54. The molecule has 0 heterocycles. The second-order valence-electron chi connectivity index (χ2n) is 5.69. The summed E-state index contributed by atoms with van der Waals surface area (Å²) >= 11 is 12.4. The van der Waals surface area contributed by atoms with Gasteiger partial charge in [0, 0.05) is 22.1 Å². The SMILES string of the molecule is CC(NC(c1ccccc1)C(C)C)c1cc(Cl)ccc1Cl. The lowest BCUT2D eigenvalue weighted by Gasteiger charge is -2.27. The zero-order valence-electron chi connectivity index (χ0n) is 12.6. The highest BCUT2D eigenvalue weighted by Gasteiger charge is 2.19. The Bertz CT molecular complexity index is 581. The third-order valence-corrected chi connectivity index (χ3v) is 4.26. The van der Waals surface area contributed by atoms with Crippen molar-refractivity contribution in [1.82, 2.24) is 5.32 Å². The van der Waals surface area contributed by atoms with Crippen LogP contribution in [0.25, 0.3) is 0 Å². The first-order chi connectivity index (χ1) is 9.99. The Hall–Kier alpha value is -1.02. The van der Waals surface area contributed by atoms with E-state index in [0.717, 1.165) is 10.6 Å². The van der Waals surface area contributed by atoms with E-state index in [9.17, 15) is 0 Å². The Labute approximate surface area is 137 Å². The van der Waals surface area contributed by atoms with Gasteiger partial charge in [0.05, 0.1) is 0 Å². The molecule has 0 bridgehead atoms. The van der Waals surface area contributed by atoms with Gasteiger partial charge in [0.15, 0.2) is 0 Å². The zero-order chi connectivity index (χ0) is 15.4. The summed E-state index contributed by atoms with van der Waals surface area (Å²) in [5.74, 6) is 0.479. The molecule has 0 aliphatic heterocycles. The molecule has 112 valence electrons. The highest BCUT2D eigenvalue weighted by Crippen LogP contribution is 2.30. The topological polar surface area (TPSA) is 12.0 Å². The number of halogens is 2. The molecular formula is C18H21Cl2N. The second kappa shape index (κ2) is 7.31. The first-order valence-electron chi connectivity index (χ1n) is 7.25. The summed E-state index contributed by atoms with van der Waals surface area (Å²) in [7, 11) is 0. The minimum Gasteiger partial charge on any atom is -0.303 e. The van der Waals surface area contributed by atoms with E-state index in [1.54, 1.807) is 0 Å². The van der Waals surface area contributed by atoms with E-state index in [-0.39, 0.29) is 12.1 Å². The van der Waals surface area contributed by atoms with Crippen molar-refractivity contribution in [3.8, 4) is 0 Å². The van der Waals surface area contributed by atoms with E-state index in [0.29, 0.717) is 10.9 Å². The van der Waals surface area contributed by atoms with Crippen molar-refractivity contribution >= 4 is 23.2 Å². The standard InChI is InChI=1S/C18H21Cl2N/c1-12(2)18(14-7-5-4-6-8-14)21-13(3)16-11-15(19)9-10-17(16)20/h4-13,18,21H,1-3H3. The largest absolute Gasteiger partial charge is 0.303 e. The van der Waals surface area contributed by atoms with Crippen molar-refractivity contribution < 1.29 is 0 Å². The van der Waals surface area contributed by atoms with Crippen LogP contribution in [-0.4, -0.2) is 0 Å². The average molecular weight is 322 g/mol. The lowest BCUT2D eigenvalue weighted by atomic mass is 9.94. The van der Waals surface area contributed by atoms with Gasteiger partial charge in [-0.05, 0) is 42.2 Å². The molecule has 0 saturated carbocycles. The molecule has 21 heavy (non-hydrogen) atoms. The Morgan fingerprint density at radius 3 is 2.19 bits per heavy atom. The lowest BCUT2D eigenvalue weighted by molar-refractivity contribution is 0.374. The summed E-state index contributed by atoms with van der Waals surface area (Å²) in [6, 6.07) is 16.5. The van der Waals surface area contributed by atoms with E-state index >= 15 is 0 Å². The summed E-state index contributed by atoms with van der Waals surface area (Å²) in [5.41, 5.74) is 2.32. The van der Waals surface area contributed by atoms with Gasteiger partial charge >= 0.3 is 0 Å². The normalized spacial score (nSPS) is 14.2. The maximum atomic E-state index is 6.30. The number of hydrogen-bond donors (Lipinski definition) is 1. The summed E-state index contributed by atoms with van der Waals surface area (Å²) in [4.78, 5) is 0. The molecule has 0 radical (unpaired) electrons. The summed E-state index contributed by atoms with van der Waals surface area (Å²) in [5, 5.41) is 5.13. The molecule has 0 saturated heterocycles. The van der Waals surface area contributed by atoms with Gasteiger partial charge in [-0.3, -0.25) is 0 Å². The van der Waals surface area contributed by atoms with Crippen molar-refractivity contribution in [2.75, 3.05) is 0 Å². The number of hydrogen-bond acceptors (Lipinski definition) is 1. The second-order valence-corrected chi connectivity index (χ2v) is 6.53. The van der Waals surface area contributed by atoms with Gasteiger partial charge in [0.1, 0.15) is 0 Å². The quantitative estimate of drug-likeness (QED) is 0.707. The maximum Gasteiger partial charge on any atom is 0.0454 e. The van der Waals surface area contributed by atoms with Crippen molar-refractivity contribution in [3.63, 3.8) is 0 Å². The first kappa shape index (κ1) is 16.4.